The summed E-state index contributed by atoms with van der Waals surface area (Å²) >= 11 is 0. The van der Waals surface area contributed by atoms with E-state index in [1.807, 2.05) is 42.5 Å². The summed E-state index contributed by atoms with van der Waals surface area (Å²) in [6, 6.07) is 13.1. The van der Waals surface area contributed by atoms with Gasteiger partial charge in [0.15, 0.2) is 0 Å². The highest BCUT2D eigenvalue weighted by Gasteiger charge is 2.23. The molecule has 7 nitrogen and oxygen atoms in total. The van der Waals surface area contributed by atoms with Crippen molar-refractivity contribution in [2.45, 2.75) is 19.4 Å². The third-order valence-corrected chi connectivity index (χ3v) is 4.58. The monoisotopic (exact) mass is 384 g/mol. The number of cyclic esters (lactones) is 1. The molecule has 1 fully saturated rings. The Morgan fingerprint density at radius 2 is 2.04 bits per heavy atom. The van der Waals surface area contributed by atoms with Gasteiger partial charge < -0.3 is 19.5 Å². The van der Waals surface area contributed by atoms with E-state index in [-0.39, 0.29) is 12.0 Å². The van der Waals surface area contributed by atoms with E-state index < -0.39 is 0 Å². The Kier molecular flexibility index (Phi) is 6.37. The summed E-state index contributed by atoms with van der Waals surface area (Å²) in [5.41, 5.74) is 2.62. The van der Waals surface area contributed by atoms with Crippen LogP contribution in [-0.4, -0.2) is 39.4 Å². The first kappa shape index (κ1) is 19.5. The number of hydrogen-bond donors (Lipinski definition) is 1. The standard InChI is InChI=1S/C21H24N2O5/c1-26-18-7-8-19(27-2)16(13-18)6-9-20(24)22-14-15-4-3-5-17(12-15)23-10-11-28-21(23)25/h3-5,7-8,12-13H,6,9-11,14H2,1-2H3,(H,22,24). The molecule has 2 aromatic carbocycles. The molecule has 0 aromatic heterocycles. The molecule has 148 valence electrons. The molecule has 1 aliphatic rings. The number of benzene rings is 2. The lowest BCUT2D eigenvalue weighted by Crippen LogP contribution is -2.25. The van der Waals surface area contributed by atoms with Gasteiger partial charge in [0.05, 0.1) is 20.8 Å². The van der Waals surface area contributed by atoms with E-state index in [9.17, 15) is 9.59 Å². The van der Waals surface area contributed by atoms with E-state index in [0.29, 0.717) is 32.5 Å². The summed E-state index contributed by atoms with van der Waals surface area (Å²) in [7, 11) is 3.21. The van der Waals surface area contributed by atoms with E-state index >= 15 is 0 Å². The molecule has 7 heteroatoms. The van der Waals surface area contributed by atoms with Crippen LogP contribution < -0.4 is 19.7 Å². The van der Waals surface area contributed by atoms with E-state index in [1.54, 1.807) is 19.1 Å². The van der Waals surface area contributed by atoms with Gasteiger partial charge in [0.25, 0.3) is 0 Å². The number of anilines is 1. The largest absolute Gasteiger partial charge is 0.497 e. The summed E-state index contributed by atoms with van der Waals surface area (Å²) in [6.45, 7) is 1.33. The number of rotatable bonds is 8. The zero-order chi connectivity index (χ0) is 19.9. The summed E-state index contributed by atoms with van der Waals surface area (Å²) in [5, 5.41) is 2.92. The Bertz CT molecular complexity index is 852. The Labute approximate surface area is 164 Å². The highest BCUT2D eigenvalue weighted by atomic mass is 16.6. The molecule has 1 N–H and O–H groups in total. The normalized spacial score (nSPS) is 13.2. The lowest BCUT2D eigenvalue weighted by molar-refractivity contribution is -0.121. The molecule has 0 aliphatic carbocycles. The van der Waals surface area contributed by atoms with Gasteiger partial charge in [0, 0.05) is 18.7 Å². The fourth-order valence-corrected chi connectivity index (χ4v) is 3.08. The van der Waals surface area contributed by atoms with Crippen molar-refractivity contribution in [3.8, 4) is 11.5 Å². The first-order chi connectivity index (χ1) is 13.6. The van der Waals surface area contributed by atoms with Crippen LogP contribution >= 0.6 is 0 Å². The number of methoxy groups -OCH3 is 2. The van der Waals surface area contributed by atoms with Crippen molar-refractivity contribution in [1.82, 2.24) is 5.32 Å². The highest BCUT2D eigenvalue weighted by Crippen LogP contribution is 2.25. The third kappa shape index (κ3) is 4.73. The van der Waals surface area contributed by atoms with Crippen LogP contribution in [0.2, 0.25) is 0 Å². The van der Waals surface area contributed by atoms with Crippen LogP contribution in [0.25, 0.3) is 0 Å². The van der Waals surface area contributed by atoms with E-state index in [0.717, 1.165) is 28.3 Å². The van der Waals surface area contributed by atoms with E-state index in [2.05, 4.69) is 5.32 Å². The minimum absolute atomic E-state index is 0.0594. The second-order valence-electron chi connectivity index (χ2n) is 6.39. The molecule has 3 rings (SSSR count). The van der Waals surface area contributed by atoms with Crippen molar-refractivity contribution in [2.24, 2.45) is 0 Å². The molecule has 1 aliphatic heterocycles. The van der Waals surface area contributed by atoms with Gasteiger partial charge in [-0.3, -0.25) is 9.69 Å². The fourth-order valence-electron chi connectivity index (χ4n) is 3.08. The average Bonchev–Trinajstić information content (AvgIpc) is 3.16. The van der Waals surface area contributed by atoms with Crippen LogP contribution in [0.15, 0.2) is 42.5 Å². The Balaban J connectivity index is 1.54. The molecule has 1 saturated heterocycles. The molecule has 0 radical (unpaired) electrons. The molecule has 0 bridgehead atoms. The van der Waals surface area contributed by atoms with Crippen molar-refractivity contribution >= 4 is 17.7 Å². The lowest BCUT2D eigenvalue weighted by Gasteiger charge is -2.14. The zero-order valence-electron chi connectivity index (χ0n) is 16.1. The van der Waals surface area contributed by atoms with Gasteiger partial charge in [-0.2, -0.15) is 0 Å². The lowest BCUT2D eigenvalue weighted by atomic mass is 10.1. The predicted molar refractivity (Wildman–Crippen MR) is 105 cm³/mol. The van der Waals surface area contributed by atoms with Gasteiger partial charge in [-0.15, -0.1) is 0 Å². The second kappa shape index (κ2) is 9.12. The molecule has 28 heavy (non-hydrogen) atoms. The van der Waals surface area contributed by atoms with Crippen molar-refractivity contribution in [1.29, 1.82) is 0 Å². The summed E-state index contributed by atoms with van der Waals surface area (Å²) in [4.78, 5) is 25.5. The van der Waals surface area contributed by atoms with Gasteiger partial charge in [-0.1, -0.05) is 12.1 Å². The first-order valence-corrected chi connectivity index (χ1v) is 9.11. The topological polar surface area (TPSA) is 77.1 Å². The fraction of sp³-hybridized carbons (Fsp3) is 0.333. The van der Waals surface area contributed by atoms with Crippen LogP contribution in [0, 0.1) is 0 Å². The van der Waals surface area contributed by atoms with Gasteiger partial charge in [-0.25, -0.2) is 4.79 Å². The van der Waals surface area contributed by atoms with Gasteiger partial charge >= 0.3 is 6.09 Å². The summed E-state index contributed by atoms with van der Waals surface area (Å²) < 4.78 is 15.5. The van der Waals surface area contributed by atoms with Gasteiger partial charge in [0.2, 0.25) is 5.91 Å². The minimum atomic E-state index is -0.339. The van der Waals surface area contributed by atoms with Crippen LogP contribution in [0.3, 0.4) is 0 Å². The van der Waals surface area contributed by atoms with Gasteiger partial charge in [-0.05, 0) is 47.9 Å². The third-order valence-electron chi connectivity index (χ3n) is 4.58. The molecule has 2 aromatic rings. The highest BCUT2D eigenvalue weighted by molar-refractivity contribution is 5.89. The number of ether oxygens (including phenoxy) is 3. The molecule has 0 unspecified atom stereocenters. The van der Waals surface area contributed by atoms with Crippen molar-refractivity contribution in [3.05, 3.63) is 53.6 Å². The maximum Gasteiger partial charge on any atom is 0.414 e. The number of hydrogen-bond acceptors (Lipinski definition) is 5. The maximum atomic E-state index is 12.3. The van der Waals surface area contributed by atoms with E-state index in [1.165, 1.54) is 0 Å². The summed E-state index contributed by atoms with van der Waals surface area (Å²) in [5.74, 6) is 1.41. The van der Waals surface area contributed by atoms with Crippen molar-refractivity contribution in [3.63, 3.8) is 0 Å². The van der Waals surface area contributed by atoms with Crippen molar-refractivity contribution in [2.75, 3.05) is 32.3 Å². The van der Waals surface area contributed by atoms with Crippen LogP contribution in [0.1, 0.15) is 17.5 Å². The second-order valence-corrected chi connectivity index (χ2v) is 6.39. The number of aryl methyl sites for hydroxylation is 1. The molecular formula is C21H24N2O5. The molecular weight excluding hydrogens is 360 g/mol. The number of amides is 2. The zero-order valence-corrected chi connectivity index (χ0v) is 16.1. The Morgan fingerprint density at radius 1 is 1.18 bits per heavy atom. The molecule has 1 heterocycles. The quantitative estimate of drug-likeness (QED) is 0.757. The molecule has 2 amide bonds. The predicted octanol–water partition coefficient (Wildman–Crippen LogP) is 2.91. The first-order valence-electron chi connectivity index (χ1n) is 9.11. The average molecular weight is 384 g/mol. The number of nitrogens with zero attached hydrogens (tertiary/aromatic N) is 1. The van der Waals surface area contributed by atoms with Gasteiger partial charge in [0.1, 0.15) is 18.1 Å². The van der Waals surface area contributed by atoms with Crippen LogP contribution in [-0.2, 0) is 22.5 Å². The number of carbonyl (C=O) groups is 2. The van der Waals surface area contributed by atoms with Crippen LogP contribution in [0.4, 0.5) is 10.5 Å². The SMILES string of the molecule is COc1ccc(OC)c(CCC(=O)NCc2cccc(N3CCOC3=O)c2)c1. The maximum absolute atomic E-state index is 12.3. The summed E-state index contributed by atoms with van der Waals surface area (Å²) in [6.07, 6.45) is 0.543. The molecule has 0 spiro atoms. The van der Waals surface area contributed by atoms with E-state index in [4.69, 9.17) is 14.2 Å². The minimum Gasteiger partial charge on any atom is -0.497 e. The number of carbonyl (C=O) groups excluding carboxylic acids is 2. The van der Waals surface area contributed by atoms with Crippen LogP contribution in [0.5, 0.6) is 11.5 Å². The molecule has 0 saturated carbocycles. The Hall–Kier alpha value is -3.22. The molecule has 0 atom stereocenters. The van der Waals surface area contributed by atoms with Crippen molar-refractivity contribution < 1.29 is 23.8 Å². The smallest absolute Gasteiger partial charge is 0.414 e. The Morgan fingerprint density at radius 3 is 2.75 bits per heavy atom. The number of nitrogens with one attached hydrogen (secondary N) is 1.